The summed E-state index contributed by atoms with van der Waals surface area (Å²) in [5, 5.41) is 21.6. The van der Waals surface area contributed by atoms with Crippen molar-refractivity contribution in [3.8, 4) is 11.5 Å². The zero-order valence-electron chi connectivity index (χ0n) is 15.0. The highest BCUT2D eigenvalue weighted by molar-refractivity contribution is 8.18. The minimum Gasteiger partial charge on any atom is -0.508 e. The van der Waals surface area contributed by atoms with Gasteiger partial charge in [0.15, 0.2) is 11.3 Å². The van der Waals surface area contributed by atoms with Gasteiger partial charge in [0.1, 0.15) is 11.5 Å². The Bertz CT molecular complexity index is 953. The molecule has 2 aromatic carbocycles. The van der Waals surface area contributed by atoms with Crippen LogP contribution in [0.4, 0.5) is 5.69 Å². The number of aromatic hydroxyl groups is 1. The molecule has 144 valence electrons. The molecule has 1 saturated heterocycles. The minimum atomic E-state index is -1.01. The minimum absolute atomic E-state index is 0.0995. The Kier molecular flexibility index (Phi) is 6.00. The summed E-state index contributed by atoms with van der Waals surface area (Å²) in [6.45, 7) is 1.74. The topological polar surface area (TPSA) is 108 Å². The van der Waals surface area contributed by atoms with Gasteiger partial charge in [-0.2, -0.15) is 0 Å². The number of nitrogens with one attached hydrogen (secondary N) is 1. The fraction of sp³-hybridized carbons (Fsp3) is 0.150. The number of carbonyl (C=O) groups is 2. The van der Waals surface area contributed by atoms with E-state index in [1.54, 1.807) is 55.5 Å². The smallest absolute Gasteiger partial charge is 0.344 e. The molecule has 0 aromatic heterocycles. The number of ether oxygens (including phenoxy) is 1. The van der Waals surface area contributed by atoms with Gasteiger partial charge in [-0.05, 0) is 54.1 Å². The molecule has 7 nitrogen and oxygen atoms in total. The lowest BCUT2D eigenvalue weighted by molar-refractivity contribution is -0.145. The first-order valence-corrected chi connectivity index (χ1v) is 9.34. The number of carboxylic acid groups (broad SMARTS) is 1. The number of benzene rings is 2. The fourth-order valence-corrected chi connectivity index (χ4v) is 3.27. The first-order chi connectivity index (χ1) is 13.4. The van der Waals surface area contributed by atoms with E-state index < -0.39 is 12.1 Å². The third-order valence-corrected chi connectivity index (χ3v) is 4.72. The summed E-state index contributed by atoms with van der Waals surface area (Å²) in [7, 11) is 0. The summed E-state index contributed by atoms with van der Waals surface area (Å²) in [5.41, 5.74) is 1.31. The third-order valence-electron chi connectivity index (χ3n) is 3.81. The number of hydrogen-bond acceptors (Lipinski definition) is 6. The average Bonchev–Trinajstić information content (AvgIpc) is 2.99. The van der Waals surface area contributed by atoms with Gasteiger partial charge in [0.05, 0.1) is 10.6 Å². The Hall–Kier alpha value is -3.26. The van der Waals surface area contributed by atoms with Gasteiger partial charge in [0.2, 0.25) is 0 Å². The molecule has 0 aliphatic carbocycles. The van der Waals surface area contributed by atoms with Crippen molar-refractivity contribution in [3.05, 3.63) is 59.0 Å². The van der Waals surface area contributed by atoms with Crippen molar-refractivity contribution < 1.29 is 24.5 Å². The normalized spacial score (nSPS) is 17.5. The van der Waals surface area contributed by atoms with E-state index in [4.69, 9.17) is 9.84 Å². The van der Waals surface area contributed by atoms with Crippen molar-refractivity contribution in [2.24, 2.45) is 4.99 Å². The number of nitrogens with zero attached hydrogens (tertiary/aromatic N) is 1. The Morgan fingerprint density at radius 1 is 1.29 bits per heavy atom. The summed E-state index contributed by atoms with van der Waals surface area (Å²) in [5.74, 6) is -0.721. The largest absolute Gasteiger partial charge is 0.508 e. The van der Waals surface area contributed by atoms with Gasteiger partial charge in [-0.15, -0.1) is 0 Å². The number of carboxylic acids is 1. The van der Waals surface area contributed by atoms with Crippen LogP contribution in [0.3, 0.4) is 0 Å². The van der Waals surface area contributed by atoms with Crippen molar-refractivity contribution in [1.29, 1.82) is 0 Å². The van der Waals surface area contributed by atoms with Gasteiger partial charge in [0.25, 0.3) is 5.91 Å². The second kappa shape index (κ2) is 8.62. The number of hydrogen-bond donors (Lipinski definition) is 3. The number of phenolic OH excluding ortho intramolecular Hbond substituents is 1. The molecule has 1 amide bonds. The van der Waals surface area contributed by atoms with Crippen molar-refractivity contribution in [1.82, 2.24) is 5.32 Å². The van der Waals surface area contributed by atoms with Crippen LogP contribution in [0.1, 0.15) is 18.9 Å². The number of rotatable bonds is 6. The summed E-state index contributed by atoms with van der Waals surface area (Å²) in [6, 6.07) is 13.3. The average molecular weight is 398 g/mol. The lowest BCUT2D eigenvalue weighted by Gasteiger charge is -2.13. The first-order valence-electron chi connectivity index (χ1n) is 8.52. The molecule has 3 rings (SSSR count). The van der Waals surface area contributed by atoms with Crippen LogP contribution in [0, 0.1) is 0 Å². The molecule has 0 spiro atoms. The monoisotopic (exact) mass is 398 g/mol. The molecule has 8 heteroatoms. The van der Waals surface area contributed by atoms with Gasteiger partial charge in [0, 0.05) is 6.07 Å². The van der Waals surface area contributed by atoms with Crippen molar-refractivity contribution in [2.75, 3.05) is 0 Å². The first kappa shape index (κ1) is 19.5. The molecule has 0 radical (unpaired) electrons. The summed E-state index contributed by atoms with van der Waals surface area (Å²) in [4.78, 5) is 28.0. The van der Waals surface area contributed by atoms with Crippen molar-refractivity contribution >= 4 is 40.6 Å². The fourth-order valence-electron chi connectivity index (χ4n) is 2.43. The SMILES string of the molecule is CCC(Oc1ccc(/C=C2\SC(=Nc3cccc(O)c3)NC2=O)cc1)C(=O)O. The second-order valence-electron chi connectivity index (χ2n) is 5.92. The van der Waals surface area contributed by atoms with Crippen LogP contribution >= 0.6 is 11.8 Å². The van der Waals surface area contributed by atoms with E-state index in [2.05, 4.69) is 10.3 Å². The highest BCUT2D eigenvalue weighted by Crippen LogP contribution is 2.29. The summed E-state index contributed by atoms with van der Waals surface area (Å²) >= 11 is 1.20. The summed E-state index contributed by atoms with van der Waals surface area (Å²) in [6.07, 6.45) is 1.18. The maximum Gasteiger partial charge on any atom is 0.344 e. The molecule has 0 bridgehead atoms. The highest BCUT2D eigenvalue weighted by Gasteiger charge is 2.24. The molecule has 1 heterocycles. The second-order valence-corrected chi connectivity index (χ2v) is 6.95. The van der Waals surface area contributed by atoms with Crippen LogP contribution in [-0.4, -0.2) is 33.4 Å². The van der Waals surface area contributed by atoms with E-state index in [0.717, 1.165) is 5.56 Å². The Labute approximate surface area is 165 Å². The molecular weight excluding hydrogens is 380 g/mol. The predicted molar refractivity (Wildman–Crippen MR) is 108 cm³/mol. The molecule has 1 aliphatic rings. The molecule has 1 unspecified atom stereocenters. The van der Waals surface area contributed by atoms with Crippen LogP contribution in [0.5, 0.6) is 11.5 Å². The number of phenols is 1. The maximum absolute atomic E-state index is 12.2. The maximum atomic E-state index is 12.2. The molecule has 28 heavy (non-hydrogen) atoms. The van der Waals surface area contributed by atoms with Crippen LogP contribution in [0.25, 0.3) is 6.08 Å². The van der Waals surface area contributed by atoms with Gasteiger partial charge >= 0.3 is 5.97 Å². The molecule has 2 aromatic rings. The van der Waals surface area contributed by atoms with E-state index in [-0.39, 0.29) is 11.7 Å². The number of aliphatic imine (C=N–C) groups is 1. The number of amides is 1. The molecular formula is C20H18N2O5S. The third kappa shape index (κ3) is 4.92. The van der Waals surface area contributed by atoms with Gasteiger partial charge in [-0.1, -0.05) is 25.1 Å². The van der Waals surface area contributed by atoms with Gasteiger partial charge in [-0.3, -0.25) is 4.79 Å². The predicted octanol–water partition coefficient (Wildman–Crippen LogP) is 3.53. The molecule has 1 fully saturated rings. The van der Waals surface area contributed by atoms with Crippen LogP contribution in [-0.2, 0) is 9.59 Å². The van der Waals surface area contributed by atoms with E-state index in [9.17, 15) is 14.7 Å². The van der Waals surface area contributed by atoms with Gasteiger partial charge < -0.3 is 20.3 Å². The van der Waals surface area contributed by atoms with E-state index in [1.165, 1.54) is 17.8 Å². The van der Waals surface area contributed by atoms with E-state index >= 15 is 0 Å². The number of thioether (sulfide) groups is 1. The summed E-state index contributed by atoms with van der Waals surface area (Å²) < 4.78 is 5.42. The molecule has 1 aliphatic heterocycles. The number of carbonyl (C=O) groups excluding carboxylic acids is 1. The van der Waals surface area contributed by atoms with Crippen molar-refractivity contribution in [3.63, 3.8) is 0 Å². The zero-order valence-corrected chi connectivity index (χ0v) is 15.8. The number of aliphatic carboxylic acids is 1. The lowest BCUT2D eigenvalue weighted by atomic mass is 10.2. The Morgan fingerprint density at radius 2 is 2.04 bits per heavy atom. The zero-order chi connectivity index (χ0) is 20.1. The number of amidine groups is 1. The molecule has 0 saturated carbocycles. The van der Waals surface area contributed by atoms with E-state index in [0.29, 0.717) is 27.9 Å². The van der Waals surface area contributed by atoms with Crippen LogP contribution in [0.15, 0.2) is 58.4 Å². The Morgan fingerprint density at radius 3 is 2.68 bits per heavy atom. The quantitative estimate of drug-likeness (QED) is 0.643. The standard InChI is InChI=1S/C20H18N2O5S/c1-2-16(19(25)26)27-15-8-6-12(7-9-15)10-17-18(24)22-20(28-17)21-13-4-3-5-14(23)11-13/h3-11,16,23H,2H2,1H3,(H,25,26)(H,21,22,24)/b17-10-. The van der Waals surface area contributed by atoms with E-state index in [1.807, 2.05) is 0 Å². The molecule has 1 atom stereocenters. The van der Waals surface area contributed by atoms with Gasteiger partial charge in [-0.25, -0.2) is 9.79 Å². The van der Waals surface area contributed by atoms with Crippen LogP contribution in [0.2, 0.25) is 0 Å². The molecule has 3 N–H and O–H groups in total. The highest BCUT2D eigenvalue weighted by atomic mass is 32.2. The lowest BCUT2D eigenvalue weighted by Crippen LogP contribution is -2.25. The Balaban J connectivity index is 1.71. The van der Waals surface area contributed by atoms with Crippen LogP contribution < -0.4 is 10.1 Å². The van der Waals surface area contributed by atoms with Crippen molar-refractivity contribution in [2.45, 2.75) is 19.4 Å².